The molecule has 1 aromatic rings. The summed E-state index contributed by atoms with van der Waals surface area (Å²) in [6.07, 6.45) is 2.95. The van der Waals surface area contributed by atoms with E-state index in [-0.39, 0.29) is 17.2 Å². The monoisotopic (exact) mass is 245 g/mol. The standard InChI is InChI=1S/C9H15N3O3S/c1-6-10-5-9(11-6)16(13,14)12-7-3-8(4-7)15-2/h5,7-8,12H,3-4H2,1-2H3,(H,10,11). The summed E-state index contributed by atoms with van der Waals surface area (Å²) >= 11 is 0. The van der Waals surface area contributed by atoms with Crippen LogP contribution in [0.4, 0.5) is 0 Å². The Kier molecular flexibility index (Phi) is 3.00. The number of methoxy groups -OCH3 is 1. The number of nitrogens with zero attached hydrogens (tertiary/aromatic N) is 1. The highest BCUT2D eigenvalue weighted by molar-refractivity contribution is 7.89. The number of aromatic nitrogens is 2. The van der Waals surface area contributed by atoms with Crippen LogP contribution in [0.25, 0.3) is 0 Å². The van der Waals surface area contributed by atoms with Crippen molar-refractivity contribution in [3.63, 3.8) is 0 Å². The Hall–Kier alpha value is -0.920. The van der Waals surface area contributed by atoms with E-state index in [9.17, 15) is 8.42 Å². The number of hydrogen-bond acceptors (Lipinski definition) is 4. The zero-order chi connectivity index (χ0) is 11.8. The summed E-state index contributed by atoms with van der Waals surface area (Å²) in [5.74, 6) is 0.587. The van der Waals surface area contributed by atoms with Gasteiger partial charge in [-0.2, -0.15) is 0 Å². The van der Waals surface area contributed by atoms with Crippen LogP contribution in [0.1, 0.15) is 18.7 Å². The lowest BCUT2D eigenvalue weighted by atomic mass is 9.90. The van der Waals surface area contributed by atoms with Crippen molar-refractivity contribution in [3.05, 3.63) is 12.0 Å². The Morgan fingerprint density at radius 3 is 2.75 bits per heavy atom. The second-order valence-electron chi connectivity index (χ2n) is 3.98. The highest BCUT2D eigenvalue weighted by Gasteiger charge is 2.33. The number of rotatable bonds is 4. The van der Waals surface area contributed by atoms with E-state index in [2.05, 4.69) is 14.7 Å². The summed E-state index contributed by atoms with van der Waals surface area (Å²) in [4.78, 5) is 6.57. The summed E-state index contributed by atoms with van der Waals surface area (Å²) in [6.45, 7) is 1.71. The van der Waals surface area contributed by atoms with E-state index in [0.717, 1.165) is 12.8 Å². The number of nitrogens with one attached hydrogen (secondary N) is 2. The fourth-order valence-electron chi connectivity index (χ4n) is 1.67. The maximum atomic E-state index is 11.8. The zero-order valence-electron chi connectivity index (χ0n) is 9.23. The quantitative estimate of drug-likeness (QED) is 0.792. The van der Waals surface area contributed by atoms with Crippen molar-refractivity contribution in [2.24, 2.45) is 0 Å². The number of hydrogen-bond donors (Lipinski definition) is 2. The van der Waals surface area contributed by atoms with Crippen LogP contribution in [0, 0.1) is 6.92 Å². The molecule has 1 aliphatic carbocycles. The molecule has 6 nitrogen and oxygen atoms in total. The van der Waals surface area contributed by atoms with Crippen LogP contribution >= 0.6 is 0 Å². The highest BCUT2D eigenvalue weighted by Crippen LogP contribution is 2.24. The number of imidazole rings is 1. The van der Waals surface area contributed by atoms with Crippen molar-refractivity contribution in [3.8, 4) is 0 Å². The van der Waals surface area contributed by atoms with E-state index in [1.807, 2.05) is 0 Å². The lowest BCUT2D eigenvalue weighted by Gasteiger charge is -2.34. The average molecular weight is 245 g/mol. The molecule has 0 amide bonds. The van der Waals surface area contributed by atoms with Crippen molar-refractivity contribution in [2.75, 3.05) is 7.11 Å². The van der Waals surface area contributed by atoms with Crippen LogP contribution < -0.4 is 4.72 Å². The van der Waals surface area contributed by atoms with Gasteiger partial charge in [0.05, 0.1) is 12.3 Å². The molecule has 1 heterocycles. The smallest absolute Gasteiger partial charge is 0.257 e. The van der Waals surface area contributed by atoms with Crippen LogP contribution in [0.2, 0.25) is 0 Å². The fraction of sp³-hybridized carbons (Fsp3) is 0.667. The predicted octanol–water partition coefficient (Wildman–Crippen LogP) is 0.174. The molecule has 1 aliphatic rings. The predicted molar refractivity (Wildman–Crippen MR) is 57.5 cm³/mol. The van der Waals surface area contributed by atoms with Crippen molar-refractivity contribution in [2.45, 2.75) is 36.9 Å². The van der Waals surface area contributed by atoms with Gasteiger partial charge in [0.25, 0.3) is 10.0 Å². The SMILES string of the molecule is COC1CC(NS(=O)(=O)c2cnc(C)[nH]2)C1. The van der Waals surface area contributed by atoms with Crippen LogP contribution in [-0.4, -0.2) is 37.6 Å². The van der Waals surface area contributed by atoms with Crippen LogP contribution in [-0.2, 0) is 14.8 Å². The second kappa shape index (κ2) is 4.15. The first-order valence-electron chi connectivity index (χ1n) is 5.08. The third-order valence-electron chi connectivity index (χ3n) is 2.72. The van der Waals surface area contributed by atoms with Crippen molar-refractivity contribution in [1.29, 1.82) is 0 Å². The van der Waals surface area contributed by atoms with E-state index >= 15 is 0 Å². The zero-order valence-corrected chi connectivity index (χ0v) is 10.0. The van der Waals surface area contributed by atoms with Gasteiger partial charge in [0, 0.05) is 13.2 Å². The Bertz CT molecular complexity index is 462. The minimum Gasteiger partial charge on any atom is -0.381 e. The molecule has 2 rings (SSSR count). The fourth-order valence-corrected chi connectivity index (χ4v) is 2.90. The molecule has 0 radical (unpaired) electrons. The maximum Gasteiger partial charge on any atom is 0.257 e. The molecule has 1 saturated carbocycles. The molecule has 0 spiro atoms. The average Bonchev–Trinajstić information content (AvgIpc) is 2.58. The van der Waals surface area contributed by atoms with Gasteiger partial charge < -0.3 is 9.72 Å². The lowest BCUT2D eigenvalue weighted by Crippen LogP contribution is -2.47. The van der Waals surface area contributed by atoms with E-state index in [1.54, 1.807) is 14.0 Å². The molecule has 0 bridgehead atoms. The van der Waals surface area contributed by atoms with Crippen molar-refractivity contribution in [1.82, 2.24) is 14.7 Å². The minimum absolute atomic E-state index is 0.0291. The van der Waals surface area contributed by atoms with Gasteiger partial charge in [0.2, 0.25) is 0 Å². The van der Waals surface area contributed by atoms with E-state index < -0.39 is 10.0 Å². The molecular weight excluding hydrogens is 230 g/mol. The van der Waals surface area contributed by atoms with E-state index in [1.165, 1.54) is 6.20 Å². The molecule has 0 aliphatic heterocycles. The molecular formula is C9H15N3O3S. The molecule has 90 valence electrons. The van der Waals surface area contributed by atoms with Gasteiger partial charge in [-0.15, -0.1) is 0 Å². The first-order chi connectivity index (χ1) is 7.51. The van der Waals surface area contributed by atoms with Gasteiger partial charge in [-0.3, -0.25) is 0 Å². The lowest BCUT2D eigenvalue weighted by molar-refractivity contribution is 0.0236. The Balaban J connectivity index is 1.99. The Morgan fingerprint density at radius 1 is 1.56 bits per heavy atom. The molecule has 0 atom stereocenters. The highest BCUT2D eigenvalue weighted by atomic mass is 32.2. The number of sulfonamides is 1. The van der Waals surface area contributed by atoms with Gasteiger partial charge in [-0.05, 0) is 19.8 Å². The molecule has 1 aromatic heterocycles. The van der Waals surface area contributed by atoms with Gasteiger partial charge in [0.1, 0.15) is 5.82 Å². The molecule has 16 heavy (non-hydrogen) atoms. The van der Waals surface area contributed by atoms with Crippen LogP contribution in [0.3, 0.4) is 0 Å². The third kappa shape index (κ3) is 2.26. The van der Waals surface area contributed by atoms with Crippen molar-refractivity contribution < 1.29 is 13.2 Å². The normalized spacial score (nSPS) is 25.4. The third-order valence-corrected chi connectivity index (χ3v) is 4.15. The molecule has 0 unspecified atom stereocenters. The Morgan fingerprint density at radius 2 is 2.25 bits per heavy atom. The molecule has 7 heteroatoms. The first kappa shape index (κ1) is 11.6. The summed E-state index contributed by atoms with van der Waals surface area (Å²) in [5.41, 5.74) is 0. The molecule has 0 aromatic carbocycles. The van der Waals surface area contributed by atoms with E-state index in [4.69, 9.17) is 4.74 Å². The number of H-pyrrole nitrogens is 1. The summed E-state index contributed by atoms with van der Waals surface area (Å²) in [5, 5.41) is 0.117. The maximum absolute atomic E-state index is 11.8. The van der Waals surface area contributed by atoms with Gasteiger partial charge in [0.15, 0.2) is 5.03 Å². The minimum atomic E-state index is -3.45. The summed E-state index contributed by atoms with van der Waals surface area (Å²) in [7, 11) is -1.82. The van der Waals surface area contributed by atoms with Gasteiger partial charge in [-0.25, -0.2) is 18.1 Å². The number of aryl methyl sites for hydroxylation is 1. The van der Waals surface area contributed by atoms with Crippen LogP contribution in [0.5, 0.6) is 0 Å². The van der Waals surface area contributed by atoms with E-state index in [0.29, 0.717) is 5.82 Å². The Labute approximate surface area is 94.5 Å². The van der Waals surface area contributed by atoms with Crippen LogP contribution in [0.15, 0.2) is 11.2 Å². The van der Waals surface area contributed by atoms with Crippen molar-refractivity contribution >= 4 is 10.0 Å². The molecule has 0 saturated heterocycles. The topological polar surface area (TPSA) is 84.1 Å². The largest absolute Gasteiger partial charge is 0.381 e. The summed E-state index contributed by atoms with van der Waals surface area (Å²) in [6, 6.07) is -0.0291. The van der Waals surface area contributed by atoms with Gasteiger partial charge in [-0.1, -0.05) is 0 Å². The number of ether oxygens (including phenoxy) is 1. The van der Waals surface area contributed by atoms with Gasteiger partial charge >= 0.3 is 0 Å². The molecule has 1 fully saturated rings. The second-order valence-corrected chi connectivity index (χ2v) is 5.66. The first-order valence-corrected chi connectivity index (χ1v) is 6.56. The summed E-state index contributed by atoms with van der Waals surface area (Å²) < 4.78 is 31.3. The number of aromatic amines is 1. The molecule has 2 N–H and O–H groups in total.